The molecule has 0 fully saturated rings. The van der Waals surface area contributed by atoms with E-state index in [9.17, 15) is 4.39 Å². The molecule has 1 aromatic carbocycles. The summed E-state index contributed by atoms with van der Waals surface area (Å²) in [5, 5.41) is 4.98. The topological polar surface area (TPSA) is 43.8 Å². The van der Waals surface area contributed by atoms with Gasteiger partial charge < -0.3 is 5.73 Å². The molecule has 0 spiro atoms. The van der Waals surface area contributed by atoms with E-state index in [1.807, 2.05) is 19.9 Å². The highest BCUT2D eigenvalue weighted by Gasteiger charge is 2.10. The van der Waals surface area contributed by atoms with Gasteiger partial charge in [-0.3, -0.25) is 4.68 Å². The smallest absolute Gasteiger partial charge is 0.124 e. The van der Waals surface area contributed by atoms with Gasteiger partial charge in [-0.25, -0.2) is 4.39 Å². The van der Waals surface area contributed by atoms with Crippen LogP contribution in [0.25, 0.3) is 0 Å². The number of benzene rings is 1. The van der Waals surface area contributed by atoms with Crippen LogP contribution in [0.15, 0.2) is 18.2 Å². The van der Waals surface area contributed by atoms with Crippen LogP contribution < -0.4 is 5.73 Å². The quantitative estimate of drug-likeness (QED) is 0.865. The van der Waals surface area contributed by atoms with Crippen LogP contribution in [0.5, 0.6) is 0 Å². The van der Waals surface area contributed by atoms with Crippen LogP contribution in [0.3, 0.4) is 0 Å². The highest BCUT2D eigenvalue weighted by atomic mass is 35.5. The molecule has 3 nitrogen and oxygen atoms in total. The Labute approximate surface area is 122 Å². The molecule has 0 unspecified atom stereocenters. The van der Waals surface area contributed by atoms with Crippen molar-refractivity contribution in [1.82, 2.24) is 9.78 Å². The molecule has 20 heavy (non-hydrogen) atoms. The molecular formula is C15H15ClFN3. The average Bonchev–Trinajstić information content (AvgIpc) is 2.63. The fraction of sp³-hybridized carbons (Fsp3) is 0.267. The second-order valence-corrected chi connectivity index (χ2v) is 4.87. The first kappa shape index (κ1) is 14.6. The third kappa shape index (κ3) is 3.19. The zero-order valence-corrected chi connectivity index (χ0v) is 12.1. The molecule has 0 aliphatic rings. The molecular weight excluding hydrogens is 277 g/mol. The number of aryl methyl sites for hydroxylation is 1. The first-order valence-electron chi connectivity index (χ1n) is 6.19. The highest BCUT2D eigenvalue weighted by molar-refractivity contribution is 6.31. The lowest BCUT2D eigenvalue weighted by molar-refractivity contribution is 0.615. The van der Waals surface area contributed by atoms with Gasteiger partial charge in [0, 0.05) is 5.56 Å². The Morgan fingerprint density at radius 1 is 1.35 bits per heavy atom. The minimum absolute atomic E-state index is 0.249. The molecule has 1 aromatic heterocycles. The number of halogens is 2. The fourth-order valence-electron chi connectivity index (χ4n) is 1.97. The molecule has 0 saturated heterocycles. The molecule has 0 aliphatic heterocycles. The highest BCUT2D eigenvalue weighted by Crippen LogP contribution is 2.20. The standard InChI is InChI=1S/C15H15ClFN3/c1-10-15(16)11(2)20(19-10)9-13-6-12(4-3-5-18)7-14(17)8-13/h6-8H,5,9,18H2,1-2H3. The van der Waals surface area contributed by atoms with Gasteiger partial charge in [-0.05, 0) is 37.6 Å². The molecule has 104 valence electrons. The van der Waals surface area contributed by atoms with E-state index in [0.717, 1.165) is 17.0 Å². The minimum Gasteiger partial charge on any atom is -0.320 e. The molecule has 2 aromatic rings. The predicted octanol–water partition coefficient (Wildman–Crippen LogP) is 2.65. The van der Waals surface area contributed by atoms with Crippen molar-refractivity contribution >= 4 is 11.6 Å². The van der Waals surface area contributed by atoms with Crippen LogP contribution >= 0.6 is 11.6 Å². The third-order valence-corrected chi connectivity index (χ3v) is 3.46. The third-order valence-electron chi connectivity index (χ3n) is 2.92. The van der Waals surface area contributed by atoms with Crippen molar-refractivity contribution in [3.63, 3.8) is 0 Å². The van der Waals surface area contributed by atoms with E-state index in [2.05, 4.69) is 16.9 Å². The Hall–Kier alpha value is -1.83. The van der Waals surface area contributed by atoms with Gasteiger partial charge in [0.05, 0.1) is 29.5 Å². The first-order valence-corrected chi connectivity index (χ1v) is 6.57. The molecule has 0 radical (unpaired) electrons. The van der Waals surface area contributed by atoms with Crippen molar-refractivity contribution in [3.8, 4) is 11.8 Å². The second kappa shape index (κ2) is 6.08. The first-order chi connectivity index (χ1) is 9.51. The van der Waals surface area contributed by atoms with Gasteiger partial charge in [-0.1, -0.05) is 23.4 Å². The Morgan fingerprint density at radius 3 is 2.70 bits per heavy atom. The summed E-state index contributed by atoms with van der Waals surface area (Å²) in [4.78, 5) is 0. The van der Waals surface area contributed by atoms with E-state index in [1.165, 1.54) is 12.1 Å². The molecule has 1 heterocycles. The molecule has 2 rings (SSSR count). The molecule has 0 aliphatic carbocycles. The predicted molar refractivity (Wildman–Crippen MR) is 78.1 cm³/mol. The Kier molecular flexibility index (Phi) is 4.43. The summed E-state index contributed by atoms with van der Waals surface area (Å²) in [6.45, 7) is 4.43. The van der Waals surface area contributed by atoms with E-state index in [0.29, 0.717) is 17.1 Å². The lowest BCUT2D eigenvalue weighted by atomic mass is 10.1. The van der Waals surface area contributed by atoms with Crippen molar-refractivity contribution in [1.29, 1.82) is 0 Å². The number of nitrogens with zero attached hydrogens (tertiary/aromatic N) is 2. The lowest BCUT2D eigenvalue weighted by Gasteiger charge is -2.06. The minimum atomic E-state index is -0.323. The monoisotopic (exact) mass is 291 g/mol. The van der Waals surface area contributed by atoms with Crippen molar-refractivity contribution < 1.29 is 4.39 Å². The van der Waals surface area contributed by atoms with Crippen LogP contribution in [-0.4, -0.2) is 16.3 Å². The van der Waals surface area contributed by atoms with Gasteiger partial charge >= 0.3 is 0 Å². The summed E-state index contributed by atoms with van der Waals surface area (Å²) >= 11 is 6.10. The largest absolute Gasteiger partial charge is 0.320 e. The number of hydrogen-bond donors (Lipinski definition) is 1. The van der Waals surface area contributed by atoms with Crippen LogP contribution in [0.2, 0.25) is 5.02 Å². The maximum Gasteiger partial charge on any atom is 0.124 e. The Bertz CT molecular complexity index is 695. The van der Waals surface area contributed by atoms with Crippen LogP contribution in [-0.2, 0) is 6.54 Å². The van der Waals surface area contributed by atoms with Gasteiger partial charge in [-0.15, -0.1) is 0 Å². The number of hydrogen-bond acceptors (Lipinski definition) is 2. The van der Waals surface area contributed by atoms with E-state index in [4.69, 9.17) is 17.3 Å². The maximum atomic E-state index is 13.6. The zero-order valence-electron chi connectivity index (χ0n) is 11.4. The SMILES string of the molecule is Cc1nn(Cc2cc(F)cc(C#CCN)c2)c(C)c1Cl. The van der Waals surface area contributed by atoms with Gasteiger partial charge in [0.2, 0.25) is 0 Å². The Morgan fingerprint density at radius 2 is 2.10 bits per heavy atom. The van der Waals surface area contributed by atoms with E-state index < -0.39 is 0 Å². The van der Waals surface area contributed by atoms with Crippen LogP contribution in [0.1, 0.15) is 22.5 Å². The van der Waals surface area contributed by atoms with Crippen molar-refractivity contribution in [2.24, 2.45) is 5.73 Å². The van der Waals surface area contributed by atoms with Crippen molar-refractivity contribution in [2.45, 2.75) is 20.4 Å². The van der Waals surface area contributed by atoms with Crippen LogP contribution in [0.4, 0.5) is 4.39 Å². The zero-order chi connectivity index (χ0) is 14.7. The summed E-state index contributed by atoms with van der Waals surface area (Å²) < 4.78 is 15.3. The normalized spacial score (nSPS) is 10.2. The molecule has 0 bridgehead atoms. The maximum absolute atomic E-state index is 13.6. The molecule has 2 N–H and O–H groups in total. The summed E-state index contributed by atoms with van der Waals surface area (Å²) in [5.41, 5.74) is 8.35. The summed E-state index contributed by atoms with van der Waals surface area (Å²) in [7, 11) is 0. The van der Waals surface area contributed by atoms with E-state index >= 15 is 0 Å². The van der Waals surface area contributed by atoms with Crippen molar-refractivity contribution in [2.75, 3.05) is 6.54 Å². The van der Waals surface area contributed by atoms with E-state index in [-0.39, 0.29) is 12.4 Å². The van der Waals surface area contributed by atoms with Crippen molar-refractivity contribution in [3.05, 3.63) is 51.6 Å². The number of rotatable bonds is 2. The number of aromatic nitrogens is 2. The number of nitrogens with two attached hydrogens (primary N) is 1. The average molecular weight is 292 g/mol. The second-order valence-electron chi connectivity index (χ2n) is 4.50. The van der Waals surface area contributed by atoms with Gasteiger partial charge in [0.1, 0.15) is 5.82 Å². The fourth-order valence-corrected chi connectivity index (χ4v) is 2.10. The van der Waals surface area contributed by atoms with E-state index in [1.54, 1.807) is 4.68 Å². The summed E-state index contributed by atoms with van der Waals surface area (Å²) in [6, 6.07) is 4.69. The molecule has 0 amide bonds. The molecule has 0 atom stereocenters. The Balaban J connectivity index is 2.33. The van der Waals surface area contributed by atoms with Gasteiger partial charge in [-0.2, -0.15) is 5.10 Å². The summed E-state index contributed by atoms with van der Waals surface area (Å²) in [5.74, 6) is 5.22. The van der Waals surface area contributed by atoms with Gasteiger partial charge in [0.15, 0.2) is 0 Å². The van der Waals surface area contributed by atoms with Crippen LogP contribution in [0, 0.1) is 31.5 Å². The lowest BCUT2D eigenvalue weighted by Crippen LogP contribution is -2.04. The molecule has 0 saturated carbocycles. The summed E-state index contributed by atoms with van der Waals surface area (Å²) in [6.07, 6.45) is 0. The van der Waals surface area contributed by atoms with Gasteiger partial charge in [0.25, 0.3) is 0 Å². The molecule has 5 heteroatoms.